The van der Waals surface area contributed by atoms with E-state index in [2.05, 4.69) is 5.32 Å². The van der Waals surface area contributed by atoms with E-state index in [9.17, 15) is 9.90 Å². The van der Waals surface area contributed by atoms with Crippen molar-refractivity contribution in [2.75, 3.05) is 20.6 Å². The molecule has 2 aromatic rings. The number of phenols is 1. The fourth-order valence-corrected chi connectivity index (χ4v) is 2.46. The van der Waals surface area contributed by atoms with Gasteiger partial charge in [-0.25, -0.2) is 0 Å². The summed E-state index contributed by atoms with van der Waals surface area (Å²) in [7, 11) is 3.78. The van der Waals surface area contributed by atoms with Crippen molar-refractivity contribution < 1.29 is 9.90 Å². The van der Waals surface area contributed by atoms with Crippen molar-refractivity contribution in [1.82, 2.24) is 10.2 Å². The molecule has 0 spiro atoms. The first-order valence-electron chi connectivity index (χ1n) is 7.35. The van der Waals surface area contributed by atoms with Crippen LogP contribution in [0.3, 0.4) is 0 Å². The molecule has 0 aliphatic rings. The standard InChI is InChI=1S/C18H22N2O2/c1-20(2)17(15-9-4-3-5-10-15)18(22)19-13-12-14-8-6-7-11-16(14)21/h3-11,17,21H,12-13H2,1-2H3,(H,19,22). The number of hydrogen-bond donors (Lipinski definition) is 2. The third-order valence-corrected chi connectivity index (χ3v) is 3.57. The second-order valence-electron chi connectivity index (χ2n) is 5.45. The topological polar surface area (TPSA) is 52.6 Å². The summed E-state index contributed by atoms with van der Waals surface area (Å²) in [5, 5.41) is 12.7. The maximum Gasteiger partial charge on any atom is 0.241 e. The van der Waals surface area contributed by atoms with E-state index in [4.69, 9.17) is 0 Å². The molecule has 4 nitrogen and oxygen atoms in total. The van der Waals surface area contributed by atoms with Crippen molar-refractivity contribution in [3.8, 4) is 5.75 Å². The molecule has 0 radical (unpaired) electrons. The minimum atomic E-state index is -0.314. The number of phenolic OH excluding ortho intramolecular Hbond substituents is 1. The number of carbonyl (C=O) groups excluding carboxylic acids is 1. The molecule has 0 fully saturated rings. The Kier molecular flexibility index (Phi) is 5.55. The Morgan fingerprint density at radius 1 is 1.09 bits per heavy atom. The maximum atomic E-state index is 12.4. The number of amides is 1. The molecule has 0 aliphatic heterocycles. The van der Waals surface area contributed by atoms with E-state index in [1.807, 2.05) is 61.5 Å². The molecular weight excluding hydrogens is 276 g/mol. The zero-order valence-corrected chi connectivity index (χ0v) is 13.0. The predicted molar refractivity (Wildman–Crippen MR) is 87.7 cm³/mol. The van der Waals surface area contributed by atoms with Crippen molar-refractivity contribution >= 4 is 5.91 Å². The van der Waals surface area contributed by atoms with Gasteiger partial charge in [0.1, 0.15) is 11.8 Å². The van der Waals surface area contributed by atoms with Crippen LogP contribution in [0, 0.1) is 0 Å². The van der Waals surface area contributed by atoms with Gasteiger partial charge in [-0.05, 0) is 37.7 Å². The summed E-state index contributed by atoms with van der Waals surface area (Å²) in [6.45, 7) is 0.494. The molecule has 2 rings (SSSR count). The zero-order valence-electron chi connectivity index (χ0n) is 13.0. The SMILES string of the molecule is CN(C)C(C(=O)NCCc1ccccc1O)c1ccccc1. The van der Waals surface area contributed by atoms with Crippen LogP contribution in [0.25, 0.3) is 0 Å². The lowest BCUT2D eigenvalue weighted by Crippen LogP contribution is -2.37. The van der Waals surface area contributed by atoms with E-state index in [-0.39, 0.29) is 17.7 Å². The van der Waals surface area contributed by atoms with E-state index in [0.717, 1.165) is 11.1 Å². The molecule has 4 heteroatoms. The maximum absolute atomic E-state index is 12.4. The number of likely N-dealkylation sites (N-methyl/N-ethyl adjacent to an activating group) is 1. The highest BCUT2D eigenvalue weighted by atomic mass is 16.3. The Morgan fingerprint density at radius 2 is 1.73 bits per heavy atom. The van der Waals surface area contributed by atoms with Crippen molar-refractivity contribution in [3.63, 3.8) is 0 Å². The van der Waals surface area contributed by atoms with Crippen LogP contribution in [-0.2, 0) is 11.2 Å². The Labute approximate surface area is 131 Å². The summed E-state index contributed by atoms with van der Waals surface area (Å²) in [5.74, 6) is 0.232. The van der Waals surface area contributed by atoms with Gasteiger partial charge < -0.3 is 10.4 Å². The summed E-state index contributed by atoms with van der Waals surface area (Å²) >= 11 is 0. The highest BCUT2D eigenvalue weighted by Crippen LogP contribution is 2.18. The molecule has 0 saturated carbocycles. The van der Waals surface area contributed by atoms with Gasteiger partial charge in [-0.3, -0.25) is 9.69 Å². The van der Waals surface area contributed by atoms with Crippen LogP contribution in [0.15, 0.2) is 54.6 Å². The van der Waals surface area contributed by atoms with Gasteiger partial charge in [-0.15, -0.1) is 0 Å². The van der Waals surface area contributed by atoms with Crippen molar-refractivity contribution in [2.24, 2.45) is 0 Å². The van der Waals surface area contributed by atoms with Crippen molar-refractivity contribution in [2.45, 2.75) is 12.5 Å². The Morgan fingerprint density at radius 3 is 2.36 bits per heavy atom. The quantitative estimate of drug-likeness (QED) is 0.861. The van der Waals surface area contributed by atoms with Gasteiger partial charge in [0.25, 0.3) is 0 Å². The Hall–Kier alpha value is -2.33. The van der Waals surface area contributed by atoms with Crippen LogP contribution in [-0.4, -0.2) is 36.6 Å². The minimum absolute atomic E-state index is 0.0355. The minimum Gasteiger partial charge on any atom is -0.508 e. The van der Waals surface area contributed by atoms with Crippen LogP contribution >= 0.6 is 0 Å². The average molecular weight is 298 g/mol. The number of carbonyl (C=O) groups is 1. The molecule has 2 aromatic carbocycles. The van der Waals surface area contributed by atoms with Crippen LogP contribution in [0.5, 0.6) is 5.75 Å². The highest BCUT2D eigenvalue weighted by Gasteiger charge is 2.22. The zero-order chi connectivity index (χ0) is 15.9. The van der Waals surface area contributed by atoms with Crippen molar-refractivity contribution in [1.29, 1.82) is 0 Å². The number of nitrogens with one attached hydrogen (secondary N) is 1. The molecule has 0 aliphatic carbocycles. The summed E-state index contributed by atoms with van der Waals surface area (Å²) in [6.07, 6.45) is 0.605. The monoisotopic (exact) mass is 298 g/mol. The van der Waals surface area contributed by atoms with E-state index in [1.54, 1.807) is 12.1 Å². The van der Waals surface area contributed by atoms with Gasteiger partial charge in [0, 0.05) is 6.54 Å². The highest BCUT2D eigenvalue weighted by molar-refractivity contribution is 5.83. The van der Waals surface area contributed by atoms with Crippen LogP contribution in [0.4, 0.5) is 0 Å². The normalized spacial score (nSPS) is 12.1. The molecule has 0 bridgehead atoms. The molecule has 1 atom stereocenters. The molecule has 1 unspecified atom stereocenters. The summed E-state index contributed by atoms with van der Waals surface area (Å²) < 4.78 is 0. The predicted octanol–water partition coefficient (Wildman–Crippen LogP) is 2.35. The molecular formula is C18H22N2O2. The fourth-order valence-electron chi connectivity index (χ4n) is 2.46. The molecule has 0 heterocycles. The Balaban J connectivity index is 1.96. The molecule has 116 valence electrons. The van der Waals surface area contributed by atoms with Gasteiger partial charge in [0.2, 0.25) is 5.91 Å². The third kappa shape index (κ3) is 4.09. The van der Waals surface area contributed by atoms with Gasteiger partial charge in [-0.1, -0.05) is 48.5 Å². The number of benzene rings is 2. The second-order valence-corrected chi connectivity index (χ2v) is 5.45. The number of rotatable bonds is 6. The first-order valence-corrected chi connectivity index (χ1v) is 7.35. The molecule has 0 saturated heterocycles. The van der Waals surface area contributed by atoms with Crippen molar-refractivity contribution in [3.05, 3.63) is 65.7 Å². The number of aromatic hydroxyl groups is 1. The first-order chi connectivity index (χ1) is 10.6. The van der Waals surface area contributed by atoms with Crippen LogP contribution in [0.2, 0.25) is 0 Å². The largest absolute Gasteiger partial charge is 0.508 e. The molecule has 0 aromatic heterocycles. The molecule has 2 N–H and O–H groups in total. The first kappa shape index (κ1) is 16.0. The Bertz CT molecular complexity index is 611. The van der Waals surface area contributed by atoms with Crippen LogP contribution < -0.4 is 5.32 Å². The van der Waals surface area contributed by atoms with Gasteiger partial charge in [0.15, 0.2) is 0 Å². The number of hydrogen-bond acceptors (Lipinski definition) is 3. The lowest BCUT2D eigenvalue weighted by atomic mass is 10.1. The van der Waals surface area contributed by atoms with E-state index in [1.165, 1.54) is 0 Å². The third-order valence-electron chi connectivity index (χ3n) is 3.57. The molecule has 1 amide bonds. The number of para-hydroxylation sites is 1. The van der Waals surface area contributed by atoms with E-state index >= 15 is 0 Å². The van der Waals surface area contributed by atoms with E-state index in [0.29, 0.717) is 13.0 Å². The summed E-state index contributed by atoms with van der Waals surface area (Å²) in [6, 6.07) is 16.6. The number of nitrogens with zero attached hydrogens (tertiary/aromatic N) is 1. The van der Waals surface area contributed by atoms with Gasteiger partial charge >= 0.3 is 0 Å². The average Bonchev–Trinajstić information content (AvgIpc) is 2.50. The molecule has 22 heavy (non-hydrogen) atoms. The second kappa shape index (κ2) is 7.61. The summed E-state index contributed by atoms with van der Waals surface area (Å²) in [4.78, 5) is 14.3. The van der Waals surface area contributed by atoms with Gasteiger partial charge in [-0.2, -0.15) is 0 Å². The summed E-state index contributed by atoms with van der Waals surface area (Å²) in [5.41, 5.74) is 1.80. The van der Waals surface area contributed by atoms with Crippen LogP contribution in [0.1, 0.15) is 17.2 Å². The smallest absolute Gasteiger partial charge is 0.241 e. The fraction of sp³-hybridized carbons (Fsp3) is 0.278. The van der Waals surface area contributed by atoms with E-state index < -0.39 is 0 Å². The lowest BCUT2D eigenvalue weighted by molar-refractivity contribution is -0.125. The lowest BCUT2D eigenvalue weighted by Gasteiger charge is -2.23. The van der Waals surface area contributed by atoms with Gasteiger partial charge in [0.05, 0.1) is 0 Å².